The summed E-state index contributed by atoms with van der Waals surface area (Å²) in [5.74, 6) is 0.818. The number of pyridine rings is 1. The molecule has 5 nitrogen and oxygen atoms in total. The maximum Gasteiger partial charge on any atom is 0.214 e. The molecule has 1 aromatic rings. The summed E-state index contributed by atoms with van der Waals surface area (Å²) in [4.78, 5) is 8.50. The van der Waals surface area contributed by atoms with Crippen LogP contribution in [0.4, 0.5) is 0 Å². The maximum absolute atomic E-state index is 4.34. The van der Waals surface area contributed by atoms with Crippen LogP contribution in [-0.2, 0) is 0 Å². The largest absolute Gasteiger partial charge is 0.355 e. The number of aliphatic imine (C=N–C) groups is 1. The van der Waals surface area contributed by atoms with Crippen LogP contribution in [0.25, 0.3) is 0 Å². The van der Waals surface area contributed by atoms with E-state index in [1.807, 2.05) is 25.2 Å². The van der Waals surface area contributed by atoms with E-state index < -0.39 is 0 Å². The molecule has 1 aliphatic rings. The highest BCUT2D eigenvalue weighted by Crippen LogP contribution is 1.95. The number of guanidine groups is 1. The summed E-state index contributed by atoms with van der Waals surface area (Å²) in [5, 5.41) is 9.20. The molecular formula is C11H15N5. The lowest BCUT2D eigenvalue weighted by molar-refractivity contribution is 0.502. The van der Waals surface area contributed by atoms with E-state index in [2.05, 4.69) is 20.4 Å². The first-order valence-electron chi connectivity index (χ1n) is 5.33. The van der Waals surface area contributed by atoms with E-state index >= 15 is 0 Å². The fraction of sp³-hybridized carbons (Fsp3) is 0.364. The SMILES string of the molecule is CN(/N=C\c1ccccn1)C1=NCCCN1. The number of hydrogen-bond donors (Lipinski definition) is 1. The molecule has 5 heteroatoms. The van der Waals surface area contributed by atoms with Crippen LogP contribution in [-0.4, -0.2) is 42.3 Å². The van der Waals surface area contributed by atoms with Crippen molar-refractivity contribution in [3.8, 4) is 0 Å². The van der Waals surface area contributed by atoms with Gasteiger partial charge in [-0.05, 0) is 18.6 Å². The van der Waals surface area contributed by atoms with Crippen molar-refractivity contribution in [2.75, 3.05) is 20.1 Å². The molecule has 0 aromatic carbocycles. The van der Waals surface area contributed by atoms with Crippen molar-refractivity contribution in [2.45, 2.75) is 6.42 Å². The van der Waals surface area contributed by atoms with Gasteiger partial charge in [-0.15, -0.1) is 0 Å². The zero-order valence-electron chi connectivity index (χ0n) is 9.30. The minimum absolute atomic E-state index is 0.818. The third-order valence-corrected chi connectivity index (χ3v) is 2.24. The molecule has 0 aliphatic carbocycles. The topological polar surface area (TPSA) is 52.9 Å². The van der Waals surface area contributed by atoms with Crippen LogP contribution >= 0.6 is 0 Å². The number of hydrogen-bond acceptors (Lipinski definition) is 5. The molecule has 84 valence electrons. The number of hydrazone groups is 1. The van der Waals surface area contributed by atoms with Gasteiger partial charge in [-0.2, -0.15) is 5.10 Å². The Morgan fingerprint density at radius 1 is 1.50 bits per heavy atom. The highest BCUT2D eigenvalue weighted by molar-refractivity contribution is 5.83. The van der Waals surface area contributed by atoms with Gasteiger partial charge in [-0.1, -0.05) is 6.07 Å². The van der Waals surface area contributed by atoms with Crippen molar-refractivity contribution in [3.05, 3.63) is 30.1 Å². The van der Waals surface area contributed by atoms with Crippen molar-refractivity contribution in [3.63, 3.8) is 0 Å². The summed E-state index contributed by atoms with van der Waals surface area (Å²) in [6.07, 6.45) is 4.55. The van der Waals surface area contributed by atoms with Crippen LogP contribution in [0, 0.1) is 0 Å². The lowest BCUT2D eigenvalue weighted by atomic mass is 10.4. The van der Waals surface area contributed by atoms with Crippen molar-refractivity contribution < 1.29 is 0 Å². The third kappa shape index (κ3) is 2.79. The van der Waals surface area contributed by atoms with E-state index in [1.165, 1.54) is 0 Å². The minimum atomic E-state index is 0.818. The Labute approximate surface area is 94.9 Å². The molecule has 0 unspecified atom stereocenters. The highest BCUT2D eigenvalue weighted by atomic mass is 15.5. The Balaban J connectivity index is 1.99. The van der Waals surface area contributed by atoms with Crippen LogP contribution in [0.5, 0.6) is 0 Å². The lowest BCUT2D eigenvalue weighted by Gasteiger charge is -2.20. The van der Waals surface area contributed by atoms with Gasteiger partial charge >= 0.3 is 0 Å². The van der Waals surface area contributed by atoms with E-state index in [-0.39, 0.29) is 0 Å². The zero-order valence-corrected chi connectivity index (χ0v) is 9.30. The summed E-state index contributed by atoms with van der Waals surface area (Å²) >= 11 is 0. The molecule has 16 heavy (non-hydrogen) atoms. The van der Waals surface area contributed by atoms with Gasteiger partial charge in [0, 0.05) is 26.3 Å². The summed E-state index contributed by atoms with van der Waals surface area (Å²) < 4.78 is 0. The normalized spacial score (nSPS) is 15.7. The predicted molar refractivity (Wildman–Crippen MR) is 64.5 cm³/mol. The van der Waals surface area contributed by atoms with Crippen molar-refractivity contribution in [1.29, 1.82) is 0 Å². The Hall–Kier alpha value is -1.91. The Morgan fingerprint density at radius 3 is 3.12 bits per heavy atom. The minimum Gasteiger partial charge on any atom is -0.355 e. The van der Waals surface area contributed by atoms with Gasteiger partial charge in [-0.25, -0.2) is 5.01 Å². The average molecular weight is 217 g/mol. The fourth-order valence-corrected chi connectivity index (χ4v) is 1.39. The molecule has 0 saturated carbocycles. The average Bonchev–Trinajstić information content (AvgIpc) is 2.38. The number of nitrogens with zero attached hydrogens (tertiary/aromatic N) is 4. The van der Waals surface area contributed by atoms with Gasteiger partial charge in [0.15, 0.2) is 0 Å². The molecule has 0 saturated heterocycles. The second kappa shape index (κ2) is 5.25. The molecule has 0 bridgehead atoms. The summed E-state index contributed by atoms with van der Waals surface area (Å²) in [5.41, 5.74) is 0.839. The van der Waals surface area contributed by atoms with Crippen molar-refractivity contribution in [1.82, 2.24) is 15.3 Å². The molecule has 2 rings (SSSR count). The highest BCUT2D eigenvalue weighted by Gasteiger charge is 2.07. The molecule has 0 fully saturated rings. The smallest absolute Gasteiger partial charge is 0.214 e. The molecule has 1 aromatic heterocycles. The number of nitrogens with one attached hydrogen (secondary N) is 1. The monoisotopic (exact) mass is 217 g/mol. The van der Waals surface area contributed by atoms with Crippen molar-refractivity contribution in [2.24, 2.45) is 10.1 Å². The molecule has 0 spiro atoms. The van der Waals surface area contributed by atoms with Crippen LogP contribution in [0.15, 0.2) is 34.5 Å². The van der Waals surface area contributed by atoms with E-state index in [9.17, 15) is 0 Å². The van der Waals surface area contributed by atoms with Crippen LogP contribution in [0.3, 0.4) is 0 Å². The summed E-state index contributed by atoms with van der Waals surface area (Å²) in [6, 6.07) is 5.73. The van der Waals surface area contributed by atoms with Crippen LogP contribution in [0.1, 0.15) is 12.1 Å². The van der Waals surface area contributed by atoms with Gasteiger partial charge in [0.2, 0.25) is 5.96 Å². The Bertz CT molecular complexity index is 385. The first-order valence-corrected chi connectivity index (χ1v) is 5.33. The molecule has 0 atom stereocenters. The summed E-state index contributed by atoms with van der Waals surface area (Å²) in [7, 11) is 1.87. The third-order valence-electron chi connectivity index (χ3n) is 2.24. The van der Waals surface area contributed by atoms with E-state index in [0.717, 1.165) is 31.2 Å². The van der Waals surface area contributed by atoms with Crippen LogP contribution < -0.4 is 5.32 Å². The molecule has 0 amide bonds. The predicted octanol–water partition coefficient (Wildman–Crippen LogP) is 0.697. The van der Waals surface area contributed by atoms with Gasteiger partial charge in [0.1, 0.15) is 0 Å². The standard InChI is InChI=1S/C11H15N5/c1-16(11-13-7-4-8-14-11)15-9-10-5-2-3-6-12-10/h2-3,5-6,9H,4,7-8H2,1H3,(H,13,14)/b15-9-. The quantitative estimate of drug-likeness (QED) is 0.586. The molecule has 1 aliphatic heterocycles. The number of rotatable bonds is 2. The van der Waals surface area contributed by atoms with E-state index in [4.69, 9.17) is 0 Å². The van der Waals surface area contributed by atoms with Gasteiger partial charge < -0.3 is 5.32 Å². The fourth-order valence-electron chi connectivity index (χ4n) is 1.39. The molecule has 0 radical (unpaired) electrons. The Kier molecular flexibility index (Phi) is 3.48. The molecular weight excluding hydrogens is 202 g/mol. The van der Waals surface area contributed by atoms with E-state index in [1.54, 1.807) is 17.4 Å². The second-order valence-electron chi connectivity index (χ2n) is 3.51. The van der Waals surface area contributed by atoms with E-state index in [0.29, 0.717) is 0 Å². The number of aromatic nitrogens is 1. The first-order chi connectivity index (χ1) is 7.86. The van der Waals surface area contributed by atoms with Gasteiger partial charge in [0.25, 0.3) is 0 Å². The van der Waals surface area contributed by atoms with Gasteiger partial charge in [-0.3, -0.25) is 9.98 Å². The second-order valence-corrected chi connectivity index (χ2v) is 3.51. The lowest BCUT2D eigenvalue weighted by Crippen LogP contribution is -2.39. The Morgan fingerprint density at radius 2 is 2.44 bits per heavy atom. The maximum atomic E-state index is 4.34. The zero-order chi connectivity index (χ0) is 11.2. The molecule has 2 heterocycles. The molecule has 1 N–H and O–H groups in total. The van der Waals surface area contributed by atoms with Gasteiger partial charge in [0.05, 0.1) is 11.9 Å². The van der Waals surface area contributed by atoms with Crippen molar-refractivity contribution >= 4 is 12.2 Å². The summed E-state index contributed by atoms with van der Waals surface area (Å²) in [6.45, 7) is 1.83. The first kappa shape index (κ1) is 10.6. The van der Waals surface area contributed by atoms with Crippen LogP contribution in [0.2, 0.25) is 0 Å².